The molecule has 1 saturated carbocycles. The molecule has 104 valence electrons. The molecule has 0 bridgehead atoms. The zero-order valence-electron chi connectivity index (χ0n) is 11.0. The second kappa shape index (κ2) is 6.26. The SMILES string of the molecule is COC(=O)c1cc(NC2CCCC(N)C2)ccc1Cl. The molecule has 1 aliphatic rings. The standard InChI is InChI=1S/C14H19ClN2O2/c1-19-14(18)12-8-11(5-6-13(12)15)17-10-4-2-3-9(16)7-10/h5-6,8-10,17H,2-4,7,16H2,1H3. The number of carbonyl (C=O) groups is 1. The van der Waals surface area contributed by atoms with Crippen LogP contribution in [0.5, 0.6) is 0 Å². The fourth-order valence-corrected chi connectivity index (χ4v) is 2.67. The van der Waals surface area contributed by atoms with Gasteiger partial charge in [0.1, 0.15) is 0 Å². The van der Waals surface area contributed by atoms with Gasteiger partial charge in [-0.05, 0) is 43.9 Å². The second-order valence-corrected chi connectivity index (χ2v) is 5.36. The Labute approximate surface area is 118 Å². The van der Waals surface area contributed by atoms with Crippen LogP contribution in [0.3, 0.4) is 0 Å². The van der Waals surface area contributed by atoms with Crippen molar-refractivity contribution >= 4 is 23.3 Å². The molecule has 2 rings (SSSR count). The van der Waals surface area contributed by atoms with Crippen molar-refractivity contribution in [2.75, 3.05) is 12.4 Å². The number of hydrogen-bond donors (Lipinski definition) is 2. The maximum atomic E-state index is 11.6. The summed E-state index contributed by atoms with van der Waals surface area (Å²) >= 11 is 5.99. The predicted octanol–water partition coefficient (Wildman–Crippen LogP) is 2.81. The van der Waals surface area contributed by atoms with Crippen LogP contribution in [0.15, 0.2) is 18.2 Å². The van der Waals surface area contributed by atoms with Crippen LogP contribution in [-0.2, 0) is 4.74 Å². The molecular weight excluding hydrogens is 264 g/mol. The van der Waals surface area contributed by atoms with Crippen LogP contribution in [0.2, 0.25) is 5.02 Å². The van der Waals surface area contributed by atoms with E-state index in [2.05, 4.69) is 5.32 Å². The van der Waals surface area contributed by atoms with Gasteiger partial charge in [-0.2, -0.15) is 0 Å². The van der Waals surface area contributed by atoms with Gasteiger partial charge in [-0.15, -0.1) is 0 Å². The molecule has 19 heavy (non-hydrogen) atoms. The molecule has 2 unspecified atom stereocenters. The lowest BCUT2D eigenvalue weighted by atomic mass is 9.91. The lowest BCUT2D eigenvalue weighted by Gasteiger charge is -2.28. The summed E-state index contributed by atoms with van der Waals surface area (Å²) in [7, 11) is 1.35. The van der Waals surface area contributed by atoms with Gasteiger partial charge in [-0.1, -0.05) is 11.6 Å². The number of hydrogen-bond acceptors (Lipinski definition) is 4. The van der Waals surface area contributed by atoms with E-state index in [0.29, 0.717) is 16.6 Å². The fraction of sp³-hybridized carbons (Fsp3) is 0.500. The Morgan fingerprint density at radius 1 is 1.47 bits per heavy atom. The highest BCUT2D eigenvalue weighted by Crippen LogP contribution is 2.25. The molecule has 5 heteroatoms. The maximum Gasteiger partial charge on any atom is 0.339 e. The molecule has 3 N–H and O–H groups in total. The van der Waals surface area contributed by atoms with Crippen molar-refractivity contribution in [3.8, 4) is 0 Å². The molecule has 0 spiro atoms. The quantitative estimate of drug-likeness (QED) is 0.837. The van der Waals surface area contributed by atoms with Crippen LogP contribution >= 0.6 is 11.6 Å². The van der Waals surface area contributed by atoms with Gasteiger partial charge in [-0.25, -0.2) is 4.79 Å². The fourth-order valence-electron chi connectivity index (χ4n) is 2.48. The van der Waals surface area contributed by atoms with Crippen LogP contribution in [0, 0.1) is 0 Å². The Hall–Kier alpha value is -1.26. The van der Waals surface area contributed by atoms with Crippen molar-refractivity contribution in [1.82, 2.24) is 0 Å². The van der Waals surface area contributed by atoms with Gasteiger partial charge in [0.15, 0.2) is 0 Å². The molecular formula is C14H19ClN2O2. The molecule has 0 radical (unpaired) electrons. The smallest absolute Gasteiger partial charge is 0.339 e. The van der Waals surface area contributed by atoms with Gasteiger partial charge in [0, 0.05) is 17.8 Å². The minimum Gasteiger partial charge on any atom is -0.465 e. The highest BCUT2D eigenvalue weighted by molar-refractivity contribution is 6.33. The molecule has 1 aromatic rings. The molecule has 0 aromatic heterocycles. The van der Waals surface area contributed by atoms with Gasteiger partial charge in [0.2, 0.25) is 0 Å². The molecule has 2 atom stereocenters. The number of nitrogens with one attached hydrogen (secondary N) is 1. The summed E-state index contributed by atoms with van der Waals surface area (Å²) in [5.74, 6) is -0.422. The first-order valence-electron chi connectivity index (χ1n) is 6.50. The van der Waals surface area contributed by atoms with Crippen LogP contribution in [0.25, 0.3) is 0 Å². The van der Waals surface area contributed by atoms with E-state index >= 15 is 0 Å². The van der Waals surface area contributed by atoms with Gasteiger partial charge in [0.25, 0.3) is 0 Å². The Balaban J connectivity index is 2.10. The maximum absolute atomic E-state index is 11.6. The van der Waals surface area contributed by atoms with Gasteiger partial charge < -0.3 is 15.8 Å². The first-order valence-corrected chi connectivity index (χ1v) is 6.88. The highest BCUT2D eigenvalue weighted by Gasteiger charge is 2.19. The van der Waals surface area contributed by atoms with Crippen molar-refractivity contribution in [2.45, 2.75) is 37.8 Å². The van der Waals surface area contributed by atoms with Crippen molar-refractivity contribution in [3.63, 3.8) is 0 Å². The molecule has 4 nitrogen and oxygen atoms in total. The van der Waals surface area contributed by atoms with Crippen LogP contribution in [0.4, 0.5) is 5.69 Å². The summed E-state index contributed by atoms with van der Waals surface area (Å²) in [5.41, 5.74) is 7.23. The molecule has 1 aromatic carbocycles. The highest BCUT2D eigenvalue weighted by atomic mass is 35.5. The van der Waals surface area contributed by atoms with Gasteiger partial charge in [0.05, 0.1) is 17.7 Å². The van der Waals surface area contributed by atoms with Crippen LogP contribution in [0.1, 0.15) is 36.0 Å². The van der Waals surface area contributed by atoms with E-state index in [9.17, 15) is 4.79 Å². The summed E-state index contributed by atoms with van der Waals surface area (Å²) in [5, 5.41) is 3.81. The molecule has 1 fully saturated rings. The number of nitrogens with two attached hydrogens (primary N) is 1. The number of carbonyl (C=O) groups excluding carboxylic acids is 1. The molecule has 0 amide bonds. The van der Waals surface area contributed by atoms with E-state index in [0.717, 1.165) is 31.4 Å². The number of ether oxygens (including phenoxy) is 1. The van der Waals surface area contributed by atoms with E-state index in [1.54, 1.807) is 12.1 Å². The Morgan fingerprint density at radius 2 is 2.26 bits per heavy atom. The number of esters is 1. The van der Waals surface area contributed by atoms with E-state index < -0.39 is 5.97 Å². The zero-order valence-corrected chi connectivity index (χ0v) is 11.7. The average molecular weight is 283 g/mol. The first-order chi connectivity index (χ1) is 9.10. The van der Waals surface area contributed by atoms with Crippen LogP contribution < -0.4 is 11.1 Å². The molecule has 0 aliphatic heterocycles. The van der Waals surface area contributed by atoms with Crippen LogP contribution in [-0.4, -0.2) is 25.2 Å². The van der Waals surface area contributed by atoms with E-state index in [4.69, 9.17) is 22.1 Å². The summed E-state index contributed by atoms with van der Waals surface area (Å²) in [6, 6.07) is 5.93. The summed E-state index contributed by atoms with van der Waals surface area (Å²) in [6.07, 6.45) is 4.28. The largest absolute Gasteiger partial charge is 0.465 e. The molecule has 0 heterocycles. The Morgan fingerprint density at radius 3 is 2.95 bits per heavy atom. The summed E-state index contributed by atoms with van der Waals surface area (Å²) in [4.78, 5) is 11.6. The lowest BCUT2D eigenvalue weighted by molar-refractivity contribution is 0.0601. The minimum absolute atomic E-state index is 0.263. The average Bonchev–Trinajstić information content (AvgIpc) is 2.40. The number of anilines is 1. The monoisotopic (exact) mass is 282 g/mol. The van der Waals surface area contributed by atoms with E-state index in [1.807, 2.05) is 6.07 Å². The lowest BCUT2D eigenvalue weighted by Crippen LogP contribution is -2.34. The van der Waals surface area contributed by atoms with Gasteiger partial charge >= 0.3 is 5.97 Å². The van der Waals surface area contributed by atoms with Crippen molar-refractivity contribution in [1.29, 1.82) is 0 Å². The normalized spacial score (nSPS) is 22.9. The number of rotatable bonds is 3. The number of benzene rings is 1. The zero-order chi connectivity index (χ0) is 13.8. The number of halogens is 1. The predicted molar refractivity (Wildman–Crippen MR) is 76.6 cm³/mol. The van der Waals surface area contributed by atoms with E-state index in [1.165, 1.54) is 7.11 Å². The second-order valence-electron chi connectivity index (χ2n) is 4.95. The third-order valence-electron chi connectivity index (χ3n) is 3.46. The molecule has 0 saturated heterocycles. The topological polar surface area (TPSA) is 64.3 Å². The van der Waals surface area contributed by atoms with E-state index in [-0.39, 0.29) is 6.04 Å². The molecule has 1 aliphatic carbocycles. The Bertz CT molecular complexity index is 465. The van der Waals surface area contributed by atoms with Crippen molar-refractivity contribution in [3.05, 3.63) is 28.8 Å². The third kappa shape index (κ3) is 3.61. The van der Waals surface area contributed by atoms with Gasteiger partial charge in [-0.3, -0.25) is 0 Å². The number of methoxy groups -OCH3 is 1. The minimum atomic E-state index is -0.422. The summed E-state index contributed by atoms with van der Waals surface area (Å²) < 4.78 is 4.71. The van der Waals surface area contributed by atoms with Crippen molar-refractivity contribution < 1.29 is 9.53 Å². The third-order valence-corrected chi connectivity index (χ3v) is 3.79. The van der Waals surface area contributed by atoms with Crippen molar-refractivity contribution in [2.24, 2.45) is 5.73 Å². The summed E-state index contributed by atoms with van der Waals surface area (Å²) in [6.45, 7) is 0. The first kappa shape index (κ1) is 14.2. The Kier molecular flexibility index (Phi) is 4.66.